The van der Waals surface area contributed by atoms with Crippen molar-refractivity contribution in [3.8, 4) is 0 Å². The zero-order chi connectivity index (χ0) is 13.3. The van der Waals surface area contributed by atoms with Crippen molar-refractivity contribution in [2.24, 2.45) is 4.99 Å². The number of piperidine rings is 1. The fourth-order valence-corrected chi connectivity index (χ4v) is 2.64. The zero-order valence-electron chi connectivity index (χ0n) is 11.8. The topological polar surface area (TPSA) is 56.7 Å². The zero-order valence-corrected chi connectivity index (χ0v) is 11.8. The summed E-state index contributed by atoms with van der Waals surface area (Å²) >= 11 is 0. The Balaban J connectivity index is 2.04. The summed E-state index contributed by atoms with van der Waals surface area (Å²) in [5.74, 6) is 0.735. The van der Waals surface area contributed by atoms with E-state index in [1.54, 1.807) is 0 Å². The van der Waals surface area contributed by atoms with Gasteiger partial charge in [-0.1, -0.05) is 0 Å². The molecular formula is C13H24N4O. The second kappa shape index (κ2) is 4.88. The van der Waals surface area contributed by atoms with Crippen LogP contribution in [0.15, 0.2) is 4.99 Å². The summed E-state index contributed by atoms with van der Waals surface area (Å²) in [5, 5.41) is 6.18. The molecule has 5 nitrogen and oxygen atoms in total. The van der Waals surface area contributed by atoms with Crippen molar-refractivity contribution >= 4 is 11.9 Å². The van der Waals surface area contributed by atoms with Crippen molar-refractivity contribution in [2.75, 3.05) is 13.1 Å². The number of likely N-dealkylation sites (tertiary alicyclic amines) is 1. The van der Waals surface area contributed by atoms with E-state index in [1.807, 2.05) is 13.8 Å². The monoisotopic (exact) mass is 252 g/mol. The highest BCUT2D eigenvalue weighted by Gasteiger charge is 2.47. The Kier molecular flexibility index (Phi) is 3.61. The van der Waals surface area contributed by atoms with Gasteiger partial charge < -0.3 is 10.2 Å². The van der Waals surface area contributed by atoms with E-state index in [0.717, 1.165) is 25.9 Å². The number of aliphatic imine (C=N–C) groups is 1. The quantitative estimate of drug-likeness (QED) is 0.761. The lowest BCUT2D eigenvalue weighted by Crippen LogP contribution is -2.55. The summed E-state index contributed by atoms with van der Waals surface area (Å²) in [6.07, 6.45) is 1.71. The minimum Gasteiger partial charge on any atom is -0.342 e. The molecule has 2 aliphatic rings. The van der Waals surface area contributed by atoms with E-state index in [2.05, 4.69) is 34.4 Å². The minimum absolute atomic E-state index is 0.0882. The van der Waals surface area contributed by atoms with Crippen molar-refractivity contribution in [3.05, 3.63) is 0 Å². The molecule has 2 N–H and O–H groups in total. The van der Waals surface area contributed by atoms with Crippen LogP contribution in [0.5, 0.6) is 0 Å². The number of nitrogens with zero attached hydrogens (tertiary/aromatic N) is 2. The molecule has 2 aliphatic heterocycles. The van der Waals surface area contributed by atoms with Crippen LogP contribution >= 0.6 is 0 Å². The lowest BCUT2D eigenvalue weighted by Gasteiger charge is -2.39. The van der Waals surface area contributed by atoms with Crippen molar-refractivity contribution in [1.82, 2.24) is 15.5 Å². The summed E-state index contributed by atoms with van der Waals surface area (Å²) in [5.41, 5.74) is -0.418. The predicted octanol–water partition coefficient (Wildman–Crippen LogP) is 0.713. The Bertz CT molecular complexity index is 354. The smallest absolute Gasteiger partial charge is 0.252 e. The van der Waals surface area contributed by atoms with Crippen molar-refractivity contribution < 1.29 is 4.79 Å². The third-order valence-electron chi connectivity index (χ3n) is 3.79. The molecule has 1 amide bonds. The van der Waals surface area contributed by atoms with Crippen LogP contribution in [0, 0.1) is 0 Å². The second-order valence-corrected chi connectivity index (χ2v) is 5.86. The number of carbonyl (C=O) groups is 1. The molecule has 2 fully saturated rings. The molecule has 0 aromatic rings. The molecule has 0 saturated carbocycles. The summed E-state index contributed by atoms with van der Waals surface area (Å²) in [6, 6.07) is 0.745. The number of rotatable bonds is 2. The van der Waals surface area contributed by atoms with Crippen LogP contribution in [-0.4, -0.2) is 47.5 Å². The molecule has 0 aromatic heterocycles. The summed E-state index contributed by atoms with van der Waals surface area (Å²) < 4.78 is 0. The van der Waals surface area contributed by atoms with Crippen LogP contribution in [0.25, 0.3) is 0 Å². The van der Waals surface area contributed by atoms with Gasteiger partial charge in [-0.05, 0) is 40.5 Å². The molecule has 102 valence electrons. The third kappa shape index (κ3) is 2.51. The van der Waals surface area contributed by atoms with Gasteiger partial charge in [-0.3, -0.25) is 15.1 Å². The van der Waals surface area contributed by atoms with Crippen molar-refractivity contribution in [2.45, 2.75) is 58.2 Å². The number of nitrogens with one attached hydrogen (secondary N) is 2. The Morgan fingerprint density at radius 1 is 1.22 bits per heavy atom. The van der Waals surface area contributed by atoms with Gasteiger partial charge in [0.1, 0.15) is 5.54 Å². The largest absolute Gasteiger partial charge is 0.342 e. The first-order valence-electron chi connectivity index (χ1n) is 6.84. The van der Waals surface area contributed by atoms with Gasteiger partial charge in [0.05, 0.1) is 0 Å². The SMILES string of the molecule is CC(C)N=C1NC(=O)C2(CCN(C(C)C)CC2)N1. The van der Waals surface area contributed by atoms with Crippen LogP contribution in [0.2, 0.25) is 0 Å². The molecule has 0 radical (unpaired) electrons. The predicted molar refractivity (Wildman–Crippen MR) is 72.5 cm³/mol. The molecule has 5 heteroatoms. The van der Waals surface area contributed by atoms with E-state index in [-0.39, 0.29) is 11.9 Å². The molecular weight excluding hydrogens is 228 g/mol. The summed E-state index contributed by atoms with van der Waals surface area (Å²) in [6.45, 7) is 10.3. The lowest BCUT2D eigenvalue weighted by molar-refractivity contribution is -0.125. The van der Waals surface area contributed by atoms with Crippen LogP contribution in [0.4, 0.5) is 0 Å². The van der Waals surface area contributed by atoms with Crippen molar-refractivity contribution in [3.63, 3.8) is 0 Å². The van der Waals surface area contributed by atoms with Gasteiger partial charge in [-0.25, -0.2) is 0 Å². The maximum absolute atomic E-state index is 12.1. The molecule has 0 unspecified atom stereocenters. The molecule has 0 atom stereocenters. The molecule has 1 spiro atoms. The van der Waals surface area contributed by atoms with E-state index in [1.165, 1.54) is 0 Å². The molecule has 0 aliphatic carbocycles. The Labute approximate surface area is 109 Å². The standard InChI is InChI=1S/C13H24N4O/c1-9(2)14-12-15-11(18)13(16-12)5-7-17(8-6-13)10(3)4/h9-10H,5-8H2,1-4H3,(H2,14,15,16,18). The lowest BCUT2D eigenvalue weighted by atomic mass is 9.87. The Morgan fingerprint density at radius 3 is 2.33 bits per heavy atom. The normalized spacial score (nSPS) is 26.1. The first kappa shape index (κ1) is 13.3. The molecule has 2 rings (SSSR count). The maximum Gasteiger partial charge on any atom is 0.252 e. The van der Waals surface area contributed by atoms with E-state index < -0.39 is 5.54 Å². The molecule has 2 saturated heterocycles. The van der Waals surface area contributed by atoms with E-state index in [9.17, 15) is 4.79 Å². The van der Waals surface area contributed by atoms with Crippen LogP contribution in [0.1, 0.15) is 40.5 Å². The molecule has 18 heavy (non-hydrogen) atoms. The minimum atomic E-state index is -0.418. The van der Waals surface area contributed by atoms with Gasteiger partial charge in [0, 0.05) is 25.2 Å². The fourth-order valence-electron chi connectivity index (χ4n) is 2.64. The number of guanidine groups is 1. The number of hydrogen-bond acceptors (Lipinski definition) is 3. The summed E-state index contributed by atoms with van der Waals surface area (Å²) in [4.78, 5) is 19.0. The van der Waals surface area contributed by atoms with Gasteiger partial charge in [0.2, 0.25) is 0 Å². The van der Waals surface area contributed by atoms with Gasteiger partial charge >= 0.3 is 0 Å². The summed E-state index contributed by atoms with van der Waals surface area (Å²) in [7, 11) is 0. The number of hydrogen-bond donors (Lipinski definition) is 2. The number of carbonyl (C=O) groups excluding carboxylic acids is 1. The second-order valence-electron chi connectivity index (χ2n) is 5.86. The van der Waals surface area contributed by atoms with E-state index in [0.29, 0.717) is 12.0 Å². The van der Waals surface area contributed by atoms with Gasteiger partial charge in [0.15, 0.2) is 5.96 Å². The van der Waals surface area contributed by atoms with E-state index >= 15 is 0 Å². The highest BCUT2D eigenvalue weighted by molar-refractivity contribution is 6.09. The van der Waals surface area contributed by atoms with Crippen molar-refractivity contribution in [1.29, 1.82) is 0 Å². The number of amides is 1. The van der Waals surface area contributed by atoms with E-state index in [4.69, 9.17) is 0 Å². The fraction of sp³-hybridized carbons (Fsp3) is 0.846. The van der Waals surface area contributed by atoms with Gasteiger partial charge in [-0.15, -0.1) is 0 Å². The maximum atomic E-state index is 12.1. The molecule has 2 heterocycles. The highest BCUT2D eigenvalue weighted by atomic mass is 16.2. The third-order valence-corrected chi connectivity index (χ3v) is 3.79. The van der Waals surface area contributed by atoms with Crippen LogP contribution in [0.3, 0.4) is 0 Å². The first-order chi connectivity index (χ1) is 8.43. The molecule has 0 aromatic carbocycles. The average molecular weight is 252 g/mol. The van der Waals surface area contributed by atoms with Gasteiger partial charge in [0.25, 0.3) is 5.91 Å². The van der Waals surface area contributed by atoms with Gasteiger partial charge in [-0.2, -0.15) is 0 Å². The molecule has 0 bridgehead atoms. The highest BCUT2D eigenvalue weighted by Crippen LogP contribution is 2.26. The Morgan fingerprint density at radius 2 is 1.83 bits per heavy atom. The average Bonchev–Trinajstić information content (AvgIpc) is 2.55. The van der Waals surface area contributed by atoms with Crippen LogP contribution in [-0.2, 0) is 4.79 Å². The Hall–Kier alpha value is -1.10. The first-order valence-corrected chi connectivity index (χ1v) is 6.84. The van der Waals surface area contributed by atoms with Crippen LogP contribution < -0.4 is 10.6 Å².